The summed E-state index contributed by atoms with van der Waals surface area (Å²) in [6, 6.07) is 4.16. The molecular formula is C22H35N3OS2. The number of phenolic OH excluding ortho intramolecular Hbond substituents is 1. The third-order valence-electron chi connectivity index (χ3n) is 4.91. The molecule has 1 aromatic carbocycles. The van der Waals surface area contributed by atoms with Gasteiger partial charge in [0, 0.05) is 29.0 Å². The molecule has 156 valence electrons. The Kier molecular flexibility index (Phi) is 7.56. The fourth-order valence-corrected chi connectivity index (χ4v) is 5.00. The van der Waals surface area contributed by atoms with E-state index < -0.39 is 0 Å². The van der Waals surface area contributed by atoms with Gasteiger partial charge in [0.1, 0.15) is 10.8 Å². The molecular weight excluding hydrogens is 386 g/mol. The van der Waals surface area contributed by atoms with Crippen LogP contribution >= 0.6 is 23.1 Å². The predicted molar refractivity (Wildman–Crippen MR) is 123 cm³/mol. The van der Waals surface area contributed by atoms with E-state index in [0.29, 0.717) is 5.75 Å². The maximum Gasteiger partial charge on any atom is 0.174 e. The molecule has 4 nitrogen and oxygen atoms in total. The van der Waals surface area contributed by atoms with Crippen LogP contribution in [0.1, 0.15) is 66.5 Å². The lowest BCUT2D eigenvalue weighted by molar-refractivity contribution is 0.324. The van der Waals surface area contributed by atoms with E-state index in [1.807, 2.05) is 0 Å². The first-order chi connectivity index (χ1) is 13.0. The predicted octanol–water partition coefficient (Wildman–Crippen LogP) is 5.94. The Morgan fingerprint density at radius 1 is 0.964 bits per heavy atom. The molecule has 1 heterocycles. The summed E-state index contributed by atoms with van der Waals surface area (Å²) in [4.78, 5) is 2.42. The number of aromatic nitrogens is 2. The van der Waals surface area contributed by atoms with E-state index >= 15 is 0 Å². The molecule has 2 rings (SSSR count). The van der Waals surface area contributed by atoms with Crippen LogP contribution in [0.15, 0.2) is 16.5 Å². The monoisotopic (exact) mass is 421 g/mol. The van der Waals surface area contributed by atoms with Crippen molar-refractivity contribution >= 4 is 23.1 Å². The number of hydrogen-bond donors (Lipinski definition) is 1. The Labute approximate surface area is 178 Å². The average Bonchev–Trinajstić information content (AvgIpc) is 3.05. The van der Waals surface area contributed by atoms with Gasteiger partial charge in [-0.2, -0.15) is 0 Å². The molecule has 0 aliphatic heterocycles. The van der Waals surface area contributed by atoms with Gasteiger partial charge in [-0.1, -0.05) is 78.5 Å². The summed E-state index contributed by atoms with van der Waals surface area (Å²) in [6.45, 7) is 20.4. The molecule has 0 bridgehead atoms. The van der Waals surface area contributed by atoms with Gasteiger partial charge in [0.2, 0.25) is 0 Å². The van der Waals surface area contributed by atoms with Crippen molar-refractivity contribution in [2.75, 3.05) is 25.4 Å². The quantitative estimate of drug-likeness (QED) is 0.561. The van der Waals surface area contributed by atoms with Crippen LogP contribution in [0.3, 0.4) is 0 Å². The number of thioether (sulfide) groups is 1. The van der Waals surface area contributed by atoms with Crippen LogP contribution in [0.25, 0.3) is 10.6 Å². The van der Waals surface area contributed by atoms with E-state index in [2.05, 4.69) is 82.6 Å². The van der Waals surface area contributed by atoms with E-state index in [9.17, 15) is 5.11 Å². The van der Waals surface area contributed by atoms with Gasteiger partial charge in [-0.15, -0.1) is 10.2 Å². The van der Waals surface area contributed by atoms with Gasteiger partial charge in [0.25, 0.3) is 0 Å². The summed E-state index contributed by atoms with van der Waals surface area (Å²) in [5.74, 6) is 1.42. The largest absolute Gasteiger partial charge is 0.507 e. The summed E-state index contributed by atoms with van der Waals surface area (Å²) in [5.41, 5.74) is 2.67. The molecule has 0 saturated carbocycles. The van der Waals surface area contributed by atoms with E-state index in [-0.39, 0.29) is 10.8 Å². The third-order valence-corrected chi connectivity index (χ3v) is 6.99. The Hall–Kier alpha value is -1.11. The van der Waals surface area contributed by atoms with Crippen molar-refractivity contribution in [1.82, 2.24) is 15.1 Å². The van der Waals surface area contributed by atoms with Crippen LogP contribution in [-0.4, -0.2) is 45.6 Å². The van der Waals surface area contributed by atoms with Crippen molar-refractivity contribution in [3.05, 3.63) is 23.3 Å². The molecule has 1 N–H and O–H groups in total. The molecule has 2 aromatic rings. The lowest BCUT2D eigenvalue weighted by atomic mass is 9.78. The van der Waals surface area contributed by atoms with E-state index in [1.54, 1.807) is 23.1 Å². The zero-order chi connectivity index (χ0) is 21.1. The molecule has 0 saturated heterocycles. The van der Waals surface area contributed by atoms with E-state index in [4.69, 9.17) is 0 Å². The molecule has 0 unspecified atom stereocenters. The maximum absolute atomic E-state index is 10.9. The molecule has 0 aliphatic carbocycles. The SMILES string of the molecule is CCN(CC)CCSc1nnc(-c2cc(C(C)(C)C)c(O)c(C(C)(C)C)c2)s1. The molecule has 0 atom stereocenters. The normalized spacial score (nSPS) is 12.8. The Bertz CT molecular complexity index is 749. The zero-order valence-electron chi connectivity index (χ0n) is 18.6. The highest BCUT2D eigenvalue weighted by Crippen LogP contribution is 2.42. The molecule has 28 heavy (non-hydrogen) atoms. The molecule has 6 heteroatoms. The summed E-state index contributed by atoms with van der Waals surface area (Å²) >= 11 is 3.41. The minimum Gasteiger partial charge on any atom is -0.507 e. The summed E-state index contributed by atoms with van der Waals surface area (Å²) < 4.78 is 1.00. The standard InChI is InChI=1S/C22H35N3OS2/c1-9-25(10-2)11-12-27-20-24-23-19(28-20)15-13-16(21(3,4)5)18(26)17(14-15)22(6,7)8/h13-14,26H,9-12H2,1-8H3. The Morgan fingerprint density at radius 2 is 1.50 bits per heavy atom. The number of aromatic hydroxyl groups is 1. The number of benzene rings is 1. The first-order valence-corrected chi connectivity index (χ1v) is 11.8. The number of rotatable bonds is 7. The molecule has 0 amide bonds. The smallest absolute Gasteiger partial charge is 0.174 e. The van der Waals surface area contributed by atoms with E-state index in [0.717, 1.165) is 51.4 Å². The van der Waals surface area contributed by atoms with Gasteiger partial charge in [0.05, 0.1) is 0 Å². The van der Waals surface area contributed by atoms with Gasteiger partial charge in [0.15, 0.2) is 4.34 Å². The van der Waals surface area contributed by atoms with Gasteiger partial charge in [-0.05, 0) is 36.1 Å². The first kappa shape index (κ1) is 23.2. The highest BCUT2D eigenvalue weighted by molar-refractivity contribution is 8.01. The molecule has 0 aliphatic rings. The summed E-state index contributed by atoms with van der Waals surface area (Å²) in [5, 5.41) is 20.7. The van der Waals surface area contributed by atoms with Crippen molar-refractivity contribution in [2.45, 2.75) is 70.6 Å². The van der Waals surface area contributed by atoms with Crippen LogP contribution in [0.4, 0.5) is 0 Å². The van der Waals surface area contributed by atoms with Crippen molar-refractivity contribution in [2.24, 2.45) is 0 Å². The molecule has 0 spiro atoms. The highest BCUT2D eigenvalue weighted by Gasteiger charge is 2.27. The second-order valence-corrected chi connectivity index (χ2v) is 11.5. The first-order valence-electron chi connectivity index (χ1n) is 10.0. The maximum atomic E-state index is 10.9. The van der Waals surface area contributed by atoms with Crippen molar-refractivity contribution in [3.8, 4) is 16.3 Å². The lowest BCUT2D eigenvalue weighted by Crippen LogP contribution is -2.25. The number of nitrogens with zero attached hydrogens (tertiary/aromatic N) is 3. The van der Waals surface area contributed by atoms with Crippen molar-refractivity contribution in [3.63, 3.8) is 0 Å². The van der Waals surface area contributed by atoms with Gasteiger partial charge in [-0.25, -0.2) is 0 Å². The minimum atomic E-state index is -0.147. The second kappa shape index (κ2) is 9.14. The fraction of sp³-hybridized carbons (Fsp3) is 0.636. The summed E-state index contributed by atoms with van der Waals surface area (Å²) in [6.07, 6.45) is 0. The minimum absolute atomic E-state index is 0.147. The van der Waals surface area contributed by atoms with E-state index in [1.165, 1.54) is 0 Å². The van der Waals surface area contributed by atoms with Crippen molar-refractivity contribution in [1.29, 1.82) is 0 Å². The fourth-order valence-electron chi connectivity index (χ4n) is 3.09. The molecule has 0 fully saturated rings. The van der Waals surface area contributed by atoms with Gasteiger partial charge >= 0.3 is 0 Å². The average molecular weight is 422 g/mol. The van der Waals surface area contributed by atoms with Crippen LogP contribution in [0, 0.1) is 0 Å². The third kappa shape index (κ3) is 5.71. The lowest BCUT2D eigenvalue weighted by Gasteiger charge is -2.27. The van der Waals surface area contributed by atoms with Crippen molar-refractivity contribution < 1.29 is 5.11 Å². The van der Waals surface area contributed by atoms with Crippen LogP contribution in [0.2, 0.25) is 0 Å². The zero-order valence-corrected chi connectivity index (χ0v) is 20.2. The topological polar surface area (TPSA) is 49.2 Å². The molecule has 1 aromatic heterocycles. The van der Waals surface area contributed by atoms with Gasteiger partial charge in [-0.3, -0.25) is 0 Å². The second-order valence-electron chi connectivity index (χ2n) is 9.17. The van der Waals surface area contributed by atoms with Crippen LogP contribution in [0.5, 0.6) is 5.75 Å². The van der Waals surface area contributed by atoms with Gasteiger partial charge < -0.3 is 10.0 Å². The molecule has 0 radical (unpaired) electrons. The Morgan fingerprint density at radius 3 is 1.96 bits per heavy atom. The number of phenols is 1. The van der Waals surface area contributed by atoms with Crippen LogP contribution in [-0.2, 0) is 10.8 Å². The highest BCUT2D eigenvalue weighted by atomic mass is 32.2. The Balaban J connectivity index is 2.32. The number of hydrogen-bond acceptors (Lipinski definition) is 6. The van der Waals surface area contributed by atoms with Crippen LogP contribution < -0.4 is 0 Å². The summed E-state index contributed by atoms with van der Waals surface area (Å²) in [7, 11) is 0.